The number of benzene rings is 1. The van der Waals surface area contributed by atoms with Crippen molar-refractivity contribution in [1.29, 1.82) is 0 Å². The van der Waals surface area contributed by atoms with Gasteiger partial charge in [-0.25, -0.2) is 4.39 Å². The molecule has 3 nitrogen and oxygen atoms in total. The second kappa shape index (κ2) is 6.45. The number of hydrogen-bond donors (Lipinski definition) is 1. The highest BCUT2D eigenvalue weighted by Gasteiger charge is 2.04. The predicted molar refractivity (Wildman–Crippen MR) is 63.6 cm³/mol. The average Bonchev–Trinajstić information content (AvgIpc) is 2.23. The Hall–Kier alpha value is -1.13. The van der Waals surface area contributed by atoms with Gasteiger partial charge in [-0.15, -0.1) is 0 Å². The molecule has 0 aromatic heterocycles. The minimum Gasteiger partial charge on any atom is -0.398 e. The van der Waals surface area contributed by atoms with E-state index in [2.05, 4.69) is 4.90 Å². The van der Waals surface area contributed by atoms with Crippen LogP contribution in [0.15, 0.2) is 18.2 Å². The van der Waals surface area contributed by atoms with Gasteiger partial charge in [0, 0.05) is 25.4 Å². The molecule has 0 bridgehead atoms. The Bertz CT molecular complexity index is 331. The third kappa shape index (κ3) is 4.16. The summed E-state index contributed by atoms with van der Waals surface area (Å²) in [5.41, 5.74) is 7.17. The molecule has 0 aliphatic heterocycles. The quantitative estimate of drug-likeness (QED) is 0.594. The van der Waals surface area contributed by atoms with E-state index in [9.17, 15) is 4.39 Å². The van der Waals surface area contributed by atoms with Gasteiger partial charge in [0.2, 0.25) is 0 Å². The van der Waals surface area contributed by atoms with Crippen LogP contribution in [0.2, 0.25) is 0 Å². The number of ether oxygens (including phenoxy) is 1. The van der Waals surface area contributed by atoms with Crippen molar-refractivity contribution in [3.8, 4) is 0 Å². The maximum Gasteiger partial charge on any atom is 0.125 e. The molecule has 0 spiro atoms. The molecule has 0 amide bonds. The molecule has 0 atom stereocenters. The highest BCUT2D eigenvalue weighted by Crippen LogP contribution is 2.14. The van der Waals surface area contributed by atoms with E-state index in [0.29, 0.717) is 18.8 Å². The summed E-state index contributed by atoms with van der Waals surface area (Å²) in [6, 6.07) is 4.51. The zero-order valence-electron chi connectivity index (χ0n) is 9.87. The molecule has 0 unspecified atom stereocenters. The van der Waals surface area contributed by atoms with E-state index in [-0.39, 0.29) is 5.82 Å². The molecule has 1 rings (SSSR count). The van der Waals surface area contributed by atoms with E-state index in [4.69, 9.17) is 10.5 Å². The Morgan fingerprint density at radius 1 is 1.44 bits per heavy atom. The number of nitrogens with zero attached hydrogens (tertiary/aromatic N) is 1. The summed E-state index contributed by atoms with van der Waals surface area (Å²) in [6.45, 7) is 4.95. The third-order valence-electron chi connectivity index (χ3n) is 2.37. The molecule has 0 aliphatic carbocycles. The van der Waals surface area contributed by atoms with Gasteiger partial charge >= 0.3 is 0 Å². The topological polar surface area (TPSA) is 38.5 Å². The lowest BCUT2D eigenvalue weighted by atomic mass is 10.1. The van der Waals surface area contributed by atoms with Gasteiger partial charge in [0.25, 0.3) is 0 Å². The second-order valence-electron chi connectivity index (χ2n) is 3.78. The zero-order chi connectivity index (χ0) is 12.0. The van der Waals surface area contributed by atoms with Crippen molar-refractivity contribution in [2.24, 2.45) is 0 Å². The normalized spacial score (nSPS) is 11.0. The first-order valence-corrected chi connectivity index (χ1v) is 5.43. The van der Waals surface area contributed by atoms with E-state index >= 15 is 0 Å². The Morgan fingerprint density at radius 2 is 2.19 bits per heavy atom. The van der Waals surface area contributed by atoms with Crippen LogP contribution in [0.3, 0.4) is 0 Å². The van der Waals surface area contributed by atoms with Crippen LogP contribution in [0.25, 0.3) is 0 Å². The monoisotopic (exact) mass is 226 g/mol. The van der Waals surface area contributed by atoms with Crippen LogP contribution in [0, 0.1) is 5.82 Å². The van der Waals surface area contributed by atoms with E-state index < -0.39 is 0 Å². The molecule has 90 valence electrons. The molecule has 0 saturated carbocycles. The lowest BCUT2D eigenvalue weighted by molar-refractivity contribution is 0.120. The Labute approximate surface area is 96.0 Å². The minimum atomic E-state index is -0.293. The molecule has 1 aromatic rings. The highest BCUT2D eigenvalue weighted by atomic mass is 19.1. The second-order valence-corrected chi connectivity index (χ2v) is 3.78. The molecule has 16 heavy (non-hydrogen) atoms. The summed E-state index contributed by atoms with van der Waals surface area (Å²) >= 11 is 0. The summed E-state index contributed by atoms with van der Waals surface area (Å²) in [7, 11) is 1.99. The number of halogens is 1. The number of rotatable bonds is 6. The molecule has 0 radical (unpaired) electrons. The van der Waals surface area contributed by atoms with Crippen LogP contribution in [0.1, 0.15) is 12.5 Å². The standard InChI is InChI=1S/C12H19FN2O/c1-3-16-7-6-15(2)9-10-4-5-11(13)8-12(10)14/h4-5,8H,3,6-7,9,14H2,1-2H3. The van der Waals surface area contributed by atoms with Crippen molar-refractivity contribution in [2.75, 3.05) is 32.5 Å². The Kier molecular flexibility index (Phi) is 5.22. The van der Waals surface area contributed by atoms with Crippen LogP contribution in [0.5, 0.6) is 0 Å². The summed E-state index contributed by atoms with van der Waals surface area (Å²) in [5.74, 6) is -0.293. The SMILES string of the molecule is CCOCCN(C)Cc1ccc(F)cc1N. The fraction of sp³-hybridized carbons (Fsp3) is 0.500. The Balaban J connectivity index is 2.46. The van der Waals surface area contributed by atoms with Crippen molar-refractivity contribution < 1.29 is 9.13 Å². The highest BCUT2D eigenvalue weighted by molar-refractivity contribution is 5.46. The van der Waals surface area contributed by atoms with E-state index in [1.165, 1.54) is 12.1 Å². The van der Waals surface area contributed by atoms with E-state index in [1.54, 1.807) is 6.07 Å². The molecule has 0 saturated heterocycles. The molecular weight excluding hydrogens is 207 g/mol. The first kappa shape index (κ1) is 12.9. The molecule has 2 N–H and O–H groups in total. The van der Waals surface area contributed by atoms with Gasteiger partial charge < -0.3 is 10.5 Å². The molecule has 0 heterocycles. The lowest BCUT2D eigenvalue weighted by Crippen LogP contribution is -2.23. The van der Waals surface area contributed by atoms with Gasteiger partial charge in [-0.2, -0.15) is 0 Å². The van der Waals surface area contributed by atoms with Gasteiger partial charge in [-0.1, -0.05) is 6.07 Å². The van der Waals surface area contributed by atoms with Gasteiger partial charge in [-0.3, -0.25) is 4.90 Å². The molecule has 1 aromatic carbocycles. The fourth-order valence-corrected chi connectivity index (χ4v) is 1.44. The van der Waals surface area contributed by atoms with Crippen molar-refractivity contribution in [1.82, 2.24) is 4.90 Å². The average molecular weight is 226 g/mol. The van der Waals surface area contributed by atoms with Crippen molar-refractivity contribution in [3.63, 3.8) is 0 Å². The molecule has 0 fully saturated rings. The largest absolute Gasteiger partial charge is 0.398 e. The van der Waals surface area contributed by atoms with Crippen molar-refractivity contribution in [3.05, 3.63) is 29.6 Å². The summed E-state index contributed by atoms with van der Waals surface area (Å²) in [4.78, 5) is 2.10. The molecule has 4 heteroatoms. The zero-order valence-corrected chi connectivity index (χ0v) is 9.87. The minimum absolute atomic E-state index is 0.293. The van der Waals surface area contributed by atoms with Crippen LogP contribution in [-0.4, -0.2) is 31.7 Å². The van der Waals surface area contributed by atoms with Gasteiger partial charge in [0.15, 0.2) is 0 Å². The number of likely N-dealkylation sites (N-methyl/N-ethyl adjacent to an activating group) is 1. The smallest absolute Gasteiger partial charge is 0.125 e. The number of anilines is 1. The maximum atomic E-state index is 12.8. The third-order valence-corrected chi connectivity index (χ3v) is 2.37. The predicted octanol–water partition coefficient (Wildman–Crippen LogP) is 1.88. The maximum absolute atomic E-state index is 12.8. The van der Waals surface area contributed by atoms with Crippen LogP contribution >= 0.6 is 0 Å². The van der Waals surface area contributed by atoms with Gasteiger partial charge in [0.1, 0.15) is 5.82 Å². The number of nitrogen functional groups attached to an aromatic ring is 1. The van der Waals surface area contributed by atoms with Crippen LogP contribution in [-0.2, 0) is 11.3 Å². The van der Waals surface area contributed by atoms with E-state index in [0.717, 1.165) is 18.7 Å². The van der Waals surface area contributed by atoms with Gasteiger partial charge in [0.05, 0.1) is 6.61 Å². The number of hydrogen-bond acceptors (Lipinski definition) is 3. The lowest BCUT2D eigenvalue weighted by Gasteiger charge is -2.17. The van der Waals surface area contributed by atoms with E-state index in [1.807, 2.05) is 14.0 Å². The van der Waals surface area contributed by atoms with Crippen molar-refractivity contribution in [2.45, 2.75) is 13.5 Å². The summed E-state index contributed by atoms with van der Waals surface area (Å²) < 4.78 is 18.1. The van der Waals surface area contributed by atoms with Crippen LogP contribution in [0.4, 0.5) is 10.1 Å². The number of nitrogens with two attached hydrogens (primary N) is 1. The first-order chi connectivity index (χ1) is 7.63. The van der Waals surface area contributed by atoms with Crippen LogP contribution < -0.4 is 5.73 Å². The Morgan fingerprint density at radius 3 is 2.81 bits per heavy atom. The summed E-state index contributed by atoms with van der Waals surface area (Å²) in [5, 5.41) is 0. The summed E-state index contributed by atoms with van der Waals surface area (Å²) in [6.07, 6.45) is 0. The first-order valence-electron chi connectivity index (χ1n) is 5.43. The van der Waals surface area contributed by atoms with Gasteiger partial charge in [-0.05, 0) is 31.7 Å². The van der Waals surface area contributed by atoms with Crippen molar-refractivity contribution >= 4 is 5.69 Å². The molecule has 0 aliphatic rings. The fourth-order valence-electron chi connectivity index (χ4n) is 1.44. The molecular formula is C12H19FN2O.